The van der Waals surface area contributed by atoms with Crippen LogP contribution < -0.4 is 9.80 Å². The quantitative estimate of drug-likeness (QED) is 0.175. The predicted molar refractivity (Wildman–Crippen MR) is 306 cm³/mol. The zero-order valence-electron chi connectivity index (χ0n) is 39.5. The van der Waals surface area contributed by atoms with E-state index < -0.39 is 0 Å². The molecule has 4 heterocycles. The van der Waals surface area contributed by atoms with Gasteiger partial charge in [0.25, 0.3) is 0 Å². The molecule has 0 saturated carbocycles. The van der Waals surface area contributed by atoms with Crippen molar-refractivity contribution < 1.29 is 0 Å². The fraction of sp³-hybridized carbons (Fsp3) is 0.0294. The Bertz CT molecular complexity index is 4240. The third-order valence-corrected chi connectivity index (χ3v) is 15.4. The SMILES string of the molecule is c1ccc(-c2cccc3c4ccccc4c4ccccc4c4cccc5c4n(c23)CN5c2cccc(N3Cn4c5c(-c6ccccc6)cccc5c5ccccc5c5ccccc5c5cccc3c54)c2)cc1. The van der Waals surface area contributed by atoms with Gasteiger partial charge in [-0.25, -0.2) is 0 Å². The minimum atomic E-state index is 0.633. The summed E-state index contributed by atoms with van der Waals surface area (Å²) in [5.74, 6) is 0. The molecule has 0 spiro atoms. The van der Waals surface area contributed by atoms with Crippen molar-refractivity contribution in [3.63, 3.8) is 0 Å². The lowest BCUT2D eigenvalue weighted by Gasteiger charge is -2.24. The molecule has 2 aliphatic heterocycles. The summed E-state index contributed by atoms with van der Waals surface area (Å²) < 4.78 is 5.20. The summed E-state index contributed by atoms with van der Waals surface area (Å²) in [6, 6.07) is 94.4. The Morgan fingerprint density at radius 3 is 0.861 bits per heavy atom. The smallest absolute Gasteiger partial charge is 0.100 e. The minimum Gasteiger partial charge on any atom is -0.321 e. The van der Waals surface area contributed by atoms with Gasteiger partial charge in [-0.1, -0.05) is 224 Å². The molecule has 0 saturated heterocycles. The van der Waals surface area contributed by atoms with Gasteiger partial charge in [-0.3, -0.25) is 0 Å². The Morgan fingerprint density at radius 1 is 0.222 bits per heavy atom. The van der Waals surface area contributed by atoms with E-state index in [1.54, 1.807) is 0 Å². The molecule has 0 aliphatic carbocycles. The molecule has 0 radical (unpaired) electrons. The van der Waals surface area contributed by atoms with Gasteiger partial charge in [-0.2, -0.15) is 0 Å². The van der Waals surface area contributed by atoms with Crippen LogP contribution in [-0.2, 0) is 13.3 Å². The summed E-state index contributed by atoms with van der Waals surface area (Å²) in [5, 5.41) is 14.8. The Labute approximate surface area is 416 Å². The van der Waals surface area contributed by atoms with Gasteiger partial charge in [0.1, 0.15) is 13.3 Å². The van der Waals surface area contributed by atoms with E-state index in [1.165, 1.54) is 120 Å². The van der Waals surface area contributed by atoms with Crippen LogP contribution in [0.3, 0.4) is 0 Å². The van der Waals surface area contributed by atoms with Crippen LogP contribution in [0.15, 0.2) is 255 Å². The van der Waals surface area contributed by atoms with Crippen molar-refractivity contribution in [1.29, 1.82) is 0 Å². The first kappa shape index (κ1) is 40.5. The summed E-state index contributed by atoms with van der Waals surface area (Å²) >= 11 is 0. The van der Waals surface area contributed by atoms with Crippen LogP contribution in [0.1, 0.15) is 0 Å². The number of fused-ring (bicyclic) bond motifs is 14. The van der Waals surface area contributed by atoms with E-state index in [4.69, 9.17) is 0 Å². The summed E-state index contributed by atoms with van der Waals surface area (Å²) in [7, 11) is 0. The molecule has 0 atom stereocenters. The molecule has 0 unspecified atom stereocenters. The van der Waals surface area contributed by atoms with E-state index in [0.29, 0.717) is 13.3 Å². The maximum absolute atomic E-state index is 2.60. The lowest BCUT2D eigenvalue weighted by molar-refractivity contribution is 0.788. The van der Waals surface area contributed by atoms with Crippen LogP contribution in [0.5, 0.6) is 0 Å². The third-order valence-electron chi connectivity index (χ3n) is 15.4. The Morgan fingerprint density at radius 2 is 0.500 bits per heavy atom. The van der Waals surface area contributed by atoms with Gasteiger partial charge in [0.2, 0.25) is 0 Å². The average molecular weight is 919 g/mol. The van der Waals surface area contributed by atoms with Gasteiger partial charge in [0, 0.05) is 44.0 Å². The maximum Gasteiger partial charge on any atom is 0.100 e. The van der Waals surface area contributed by atoms with Crippen molar-refractivity contribution in [2.75, 3.05) is 9.80 Å². The van der Waals surface area contributed by atoms with Crippen LogP contribution in [0.2, 0.25) is 0 Å². The molecule has 2 aromatic heterocycles. The predicted octanol–water partition coefficient (Wildman–Crippen LogP) is 18.3. The second kappa shape index (κ2) is 16.1. The van der Waals surface area contributed by atoms with Crippen molar-refractivity contribution in [3.8, 4) is 22.3 Å². The first-order chi connectivity index (χ1) is 35.8. The standard InChI is InChI=1S/C68H46N4/c1-3-20-45(21-4-1)49-34-16-36-59-55-30-11-7-26-51(55)53-28-9-13-32-57(53)61-38-18-40-63-67(61)71(65(49)59)43-69(63)47-24-15-25-48(42-47)70-44-72-66-50(46-22-5-2-6-23-46)35-17-37-60(66)56-31-12-8-27-52(56)54-29-10-14-33-58(54)62-39-19-41-64(70)68(62)72/h1-42H,43-44H2. The van der Waals surface area contributed by atoms with Crippen LogP contribution in [0, 0.1) is 0 Å². The highest BCUT2D eigenvalue weighted by Crippen LogP contribution is 2.48. The lowest BCUT2D eigenvalue weighted by atomic mass is 9.98. The summed E-state index contributed by atoms with van der Waals surface area (Å²) in [4.78, 5) is 5.06. The molecule has 15 rings (SSSR count). The minimum absolute atomic E-state index is 0.633. The van der Waals surface area contributed by atoms with E-state index in [1.807, 2.05) is 0 Å². The lowest BCUT2D eigenvalue weighted by Crippen LogP contribution is -2.17. The number of benzene rings is 11. The second-order valence-electron chi connectivity index (χ2n) is 19.2. The summed E-state index contributed by atoms with van der Waals surface area (Å²) in [5.41, 5.74) is 14.3. The molecule has 4 nitrogen and oxygen atoms in total. The van der Waals surface area contributed by atoms with Crippen molar-refractivity contribution >= 4 is 109 Å². The van der Waals surface area contributed by atoms with Crippen molar-refractivity contribution in [2.45, 2.75) is 13.3 Å². The van der Waals surface area contributed by atoms with Crippen molar-refractivity contribution in [2.24, 2.45) is 0 Å². The number of aromatic nitrogens is 2. The normalized spacial score (nSPS) is 12.8. The van der Waals surface area contributed by atoms with Crippen LogP contribution in [0.25, 0.3) is 109 Å². The van der Waals surface area contributed by atoms with Gasteiger partial charge < -0.3 is 18.9 Å². The first-order valence-corrected chi connectivity index (χ1v) is 25.0. The van der Waals surface area contributed by atoms with E-state index in [2.05, 4.69) is 274 Å². The number of rotatable bonds is 4. The molecule has 0 fully saturated rings. The number of anilines is 4. The molecule has 338 valence electrons. The van der Waals surface area contributed by atoms with E-state index >= 15 is 0 Å². The summed E-state index contributed by atoms with van der Waals surface area (Å²) in [6.07, 6.45) is 0. The molecule has 0 amide bonds. The number of hydrogen-bond donors (Lipinski definition) is 0. The van der Waals surface area contributed by atoms with Crippen LogP contribution in [0.4, 0.5) is 22.7 Å². The van der Waals surface area contributed by atoms with E-state index in [0.717, 1.165) is 11.4 Å². The van der Waals surface area contributed by atoms with Gasteiger partial charge in [0.15, 0.2) is 0 Å². The first-order valence-electron chi connectivity index (χ1n) is 25.0. The highest BCUT2D eigenvalue weighted by molar-refractivity contribution is 6.24. The fourth-order valence-electron chi connectivity index (χ4n) is 12.3. The Hall–Kier alpha value is -9.38. The molecule has 11 aromatic carbocycles. The fourth-order valence-corrected chi connectivity index (χ4v) is 12.3. The molecular formula is C68H46N4. The molecular weight excluding hydrogens is 873 g/mol. The third kappa shape index (κ3) is 6.06. The van der Waals surface area contributed by atoms with Crippen LogP contribution >= 0.6 is 0 Å². The van der Waals surface area contributed by atoms with Crippen LogP contribution in [-0.4, -0.2) is 9.13 Å². The largest absolute Gasteiger partial charge is 0.321 e. The molecule has 2 aliphatic rings. The molecule has 72 heavy (non-hydrogen) atoms. The zero-order chi connectivity index (χ0) is 47.3. The van der Waals surface area contributed by atoms with Gasteiger partial charge >= 0.3 is 0 Å². The highest BCUT2D eigenvalue weighted by Gasteiger charge is 2.29. The van der Waals surface area contributed by atoms with E-state index in [9.17, 15) is 0 Å². The monoisotopic (exact) mass is 918 g/mol. The topological polar surface area (TPSA) is 16.3 Å². The average Bonchev–Trinajstić information content (AvgIpc) is 4.06. The van der Waals surface area contributed by atoms with Gasteiger partial charge in [0.05, 0.1) is 33.4 Å². The molecule has 13 aromatic rings. The Balaban J connectivity index is 0.992. The molecule has 0 N–H and O–H groups in total. The maximum atomic E-state index is 2.60. The molecule has 4 heteroatoms. The van der Waals surface area contributed by atoms with Crippen molar-refractivity contribution in [3.05, 3.63) is 255 Å². The number of nitrogens with zero attached hydrogens (tertiary/aromatic N) is 4. The summed E-state index contributed by atoms with van der Waals surface area (Å²) in [6.45, 7) is 1.27. The van der Waals surface area contributed by atoms with Gasteiger partial charge in [-0.15, -0.1) is 0 Å². The Kier molecular flexibility index (Phi) is 9.05. The number of hydrogen-bond acceptors (Lipinski definition) is 2. The van der Waals surface area contributed by atoms with Gasteiger partial charge in [-0.05, 0) is 84.5 Å². The molecule has 0 bridgehead atoms. The number of para-hydroxylation sites is 4. The highest BCUT2D eigenvalue weighted by atomic mass is 15.3. The van der Waals surface area contributed by atoms with Crippen molar-refractivity contribution in [1.82, 2.24) is 9.13 Å². The zero-order valence-corrected chi connectivity index (χ0v) is 39.5. The second-order valence-corrected chi connectivity index (χ2v) is 19.2. The van der Waals surface area contributed by atoms with E-state index in [-0.39, 0.29) is 0 Å².